The molecule has 5 nitrogen and oxygen atoms in total. The Morgan fingerprint density at radius 2 is 2.37 bits per heavy atom. The zero-order valence-corrected chi connectivity index (χ0v) is 11.6. The third kappa shape index (κ3) is 2.22. The number of carbonyl (C=O) groups excluding carboxylic acids is 1. The normalized spacial score (nSPS) is 10.2. The maximum Gasteiger partial charge on any atom is 0.261 e. The van der Waals surface area contributed by atoms with Crippen molar-refractivity contribution in [2.75, 3.05) is 7.05 Å². The first-order chi connectivity index (χ1) is 9.12. The lowest BCUT2D eigenvalue weighted by molar-refractivity contribution is 0.0967. The quantitative estimate of drug-likeness (QED) is 0.870. The van der Waals surface area contributed by atoms with Crippen LogP contribution in [0.1, 0.15) is 20.4 Å². The predicted molar refractivity (Wildman–Crippen MR) is 78.7 cm³/mol. The highest BCUT2D eigenvalue weighted by Gasteiger charge is 2.16. The lowest BCUT2D eigenvalue weighted by Gasteiger charge is -2.02. The maximum atomic E-state index is 11.7. The van der Waals surface area contributed by atoms with Crippen LogP contribution in [0, 0.1) is 6.92 Å². The van der Waals surface area contributed by atoms with Crippen LogP contribution in [0.3, 0.4) is 0 Å². The Balaban J connectivity index is 2.56. The van der Waals surface area contributed by atoms with Gasteiger partial charge in [0, 0.05) is 24.2 Å². The van der Waals surface area contributed by atoms with Crippen molar-refractivity contribution in [1.29, 1.82) is 0 Å². The van der Waals surface area contributed by atoms with Gasteiger partial charge < -0.3 is 5.32 Å². The van der Waals surface area contributed by atoms with Gasteiger partial charge in [-0.25, -0.2) is 9.66 Å². The number of carbonyl (C=O) groups is 1. The smallest absolute Gasteiger partial charge is 0.261 e. The SMILES string of the molecule is C=Cc1ncc(-c2cc(C(=O)NC)sc2C)n1N=C. The molecule has 0 unspecified atom stereocenters. The van der Waals surface area contributed by atoms with E-state index in [9.17, 15) is 4.79 Å². The second-order valence-corrected chi connectivity index (χ2v) is 5.07. The number of aryl methyl sites for hydroxylation is 1. The van der Waals surface area contributed by atoms with E-state index in [1.54, 1.807) is 24.0 Å². The molecule has 2 aromatic rings. The minimum Gasteiger partial charge on any atom is -0.354 e. The summed E-state index contributed by atoms with van der Waals surface area (Å²) < 4.78 is 1.61. The summed E-state index contributed by atoms with van der Waals surface area (Å²) in [6.07, 6.45) is 3.31. The van der Waals surface area contributed by atoms with Crippen molar-refractivity contribution in [3.05, 3.63) is 34.4 Å². The van der Waals surface area contributed by atoms with E-state index in [4.69, 9.17) is 0 Å². The molecule has 1 N–H and O–H groups in total. The summed E-state index contributed by atoms with van der Waals surface area (Å²) in [5, 5.41) is 6.55. The number of hydrogen-bond acceptors (Lipinski definition) is 4. The molecule has 2 heterocycles. The maximum absolute atomic E-state index is 11.7. The predicted octanol–water partition coefficient (Wildman–Crippen LogP) is 2.39. The van der Waals surface area contributed by atoms with E-state index >= 15 is 0 Å². The second kappa shape index (κ2) is 5.19. The molecule has 0 saturated heterocycles. The Labute approximate surface area is 115 Å². The van der Waals surface area contributed by atoms with Crippen LogP contribution >= 0.6 is 11.3 Å². The molecule has 0 bridgehead atoms. The van der Waals surface area contributed by atoms with E-state index < -0.39 is 0 Å². The first kappa shape index (κ1) is 13.2. The van der Waals surface area contributed by atoms with E-state index in [-0.39, 0.29) is 5.91 Å². The van der Waals surface area contributed by atoms with Gasteiger partial charge >= 0.3 is 0 Å². The van der Waals surface area contributed by atoms with Crippen LogP contribution in [-0.4, -0.2) is 29.3 Å². The van der Waals surface area contributed by atoms with Crippen molar-refractivity contribution >= 4 is 30.0 Å². The van der Waals surface area contributed by atoms with E-state index in [1.165, 1.54) is 11.3 Å². The van der Waals surface area contributed by atoms with Crippen LogP contribution in [0.25, 0.3) is 17.3 Å². The summed E-state index contributed by atoms with van der Waals surface area (Å²) in [6, 6.07) is 1.84. The van der Waals surface area contributed by atoms with Gasteiger partial charge in [0.1, 0.15) is 0 Å². The summed E-state index contributed by atoms with van der Waals surface area (Å²) in [7, 11) is 1.61. The molecule has 0 aliphatic heterocycles. The molecular formula is C13H14N4OS. The third-order valence-corrected chi connectivity index (χ3v) is 3.78. The van der Waals surface area contributed by atoms with Crippen molar-refractivity contribution < 1.29 is 4.79 Å². The zero-order valence-electron chi connectivity index (χ0n) is 10.8. The second-order valence-electron chi connectivity index (χ2n) is 3.82. The first-order valence-electron chi connectivity index (χ1n) is 5.62. The number of amides is 1. The molecule has 1 amide bonds. The molecule has 0 aromatic carbocycles. The van der Waals surface area contributed by atoms with Crippen LogP contribution in [0.5, 0.6) is 0 Å². The average Bonchev–Trinajstić information content (AvgIpc) is 3.00. The highest BCUT2D eigenvalue weighted by molar-refractivity contribution is 7.14. The molecule has 0 spiro atoms. The summed E-state index contributed by atoms with van der Waals surface area (Å²) >= 11 is 1.44. The van der Waals surface area contributed by atoms with Gasteiger partial charge in [-0.15, -0.1) is 11.3 Å². The molecule has 2 rings (SSSR count). The minimum absolute atomic E-state index is 0.0964. The molecule has 19 heavy (non-hydrogen) atoms. The largest absolute Gasteiger partial charge is 0.354 e. The lowest BCUT2D eigenvalue weighted by Crippen LogP contribution is -2.16. The number of aromatic nitrogens is 2. The molecular weight excluding hydrogens is 260 g/mol. The van der Waals surface area contributed by atoms with Gasteiger partial charge in [-0.3, -0.25) is 4.79 Å². The number of imidazole rings is 1. The average molecular weight is 274 g/mol. The Morgan fingerprint density at radius 3 is 2.95 bits per heavy atom. The van der Waals surface area contributed by atoms with Gasteiger partial charge in [-0.05, 0) is 19.1 Å². The molecule has 98 valence electrons. The van der Waals surface area contributed by atoms with Gasteiger partial charge in [-0.1, -0.05) is 6.58 Å². The fraction of sp³-hybridized carbons (Fsp3) is 0.154. The lowest BCUT2D eigenvalue weighted by atomic mass is 10.2. The summed E-state index contributed by atoms with van der Waals surface area (Å²) in [6.45, 7) is 9.18. The van der Waals surface area contributed by atoms with Crippen LogP contribution in [0.15, 0.2) is 23.9 Å². The van der Waals surface area contributed by atoms with E-state index in [1.807, 2.05) is 13.0 Å². The first-order valence-corrected chi connectivity index (χ1v) is 6.44. The fourth-order valence-electron chi connectivity index (χ4n) is 1.80. The van der Waals surface area contributed by atoms with Gasteiger partial charge in [-0.2, -0.15) is 5.10 Å². The third-order valence-electron chi connectivity index (χ3n) is 2.73. The number of nitrogens with zero attached hydrogens (tertiary/aromatic N) is 3. The fourth-order valence-corrected chi connectivity index (χ4v) is 2.78. The number of thiophene rings is 1. The van der Waals surface area contributed by atoms with Gasteiger partial charge in [0.15, 0.2) is 5.82 Å². The van der Waals surface area contributed by atoms with E-state index in [0.29, 0.717) is 10.7 Å². The molecule has 0 fully saturated rings. The van der Waals surface area contributed by atoms with Gasteiger partial charge in [0.2, 0.25) is 0 Å². The summed E-state index contributed by atoms with van der Waals surface area (Å²) in [4.78, 5) is 17.5. The van der Waals surface area contributed by atoms with Crippen molar-refractivity contribution in [1.82, 2.24) is 15.0 Å². The summed E-state index contributed by atoms with van der Waals surface area (Å²) in [5.41, 5.74) is 1.73. The van der Waals surface area contributed by atoms with Gasteiger partial charge in [0.25, 0.3) is 5.91 Å². The van der Waals surface area contributed by atoms with Crippen molar-refractivity contribution in [3.8, 4) is 11.3 Å². The Kier molecular flexibility index (Phi) is 3.62. The molecule has 2 aromatic heterocycles. The monoisotopic (exact) mass is 274 g/mol. The summed E-state index contributed by atoms with van der Waals surface area (Å²) in [5.74, 6) is 0.526. The number of rotatable bonds is 4. The van der Waals surface area contributed by atoms with Crippen LogP contribution < -0.4 is 5.32 Å². The van der Waals surface area contributed by atoms with Crippen molar-refractivity contribution in [2.45, 2.75) is 6.92 Å². The molecule has 0 aliphatic carbocycles. The number of nitrogens with one attached hydrogen (secondary N) is 1. The van der Waals surface area contributed by atoms with Crippen molar-refractivity contribution in [3.63, 3.8) is 0 Å². The van der Waals surface area contributed by atoms with Crippen LogP contribution in [0.4, 0.5) is 0 Å². The topological polar surface area (TPSA) is 59.3 Å². The Hall–Kier alpha value is -2.21. The molecule has 6 heteroatoms. The van der Waals surface area contributed by atoms with Crippen molar-refractivity contribution in [2.24, 2.45) is 5.10 Å². The number of hydrogen-bond donors (Lipinski definition) is 1. The minimum atomic E-state index is -0.0964. The van der Waals surface area contributed by atoms with Crippen LogP contribution in [-0.2, 0) is 0 Å². The standard InChI is InChI=1S/C13H14N4OS/c1-5-12-16-7-10(17(12)15-4)9-6-11(13(18)14-3)19-8(9)2/h5-7H,1,4H2,2-3H3,(H,14,18). The van der Waals surface area contributed by atoms with E-state index in [0.717, 1.165) is 16.1 Å². The van der Waals surface area contributed by atoms with E-state index in [2.05, 4.69) is 28.7 Å². The molecule has 0 radical (unpaired) electrons. The van der Waals surface area contributed by atoms with Gasteiger partial charge in [0.05, 0.1) is 16.8 Å². The van der Waals surface area contributed by atoms with Crippen LogP contribution in [0.2, 0.25) is 0 Å². The Morgan fingerprint density at radius 1 is 1.63 bits per heavy atom. The highest BCUT2D eigenvalue weighted by atomic mass is 32.1. The Bertz CT molecular complexity index is 654. The molecule has 0 aliphatic rings. The molecule has 0 saturated carbocycles. The highest BCUT2D eigenvalue weighted by Crippen LogP contribution is 2.31. The molecule has 0 atom stereocenters. The zero-order chi connectivity index (χ0) is 14.0.